The van der Waals surface area contributed by atoms with E-state index in [2.05, 4.69) is 12.8 Å². The smallest absolute Gasteiger partial charge is 0.167 e. The van der Waals surface area contributed by atoms with Gasteiger partial charge >= 0.3 is 0 Å². The predicted molar refractivity (Wildman–Crippen MR) is 92.2 cm³/mol. The summed E-state index contributed by atoms with van der Waals surface area (Å²) < 4.78 is 14.6. The molecule has 4 aliphatic carbocycles. The summed E-state index contributed by atoms with van der Waals surface area (Å²) in [7, 11) is 0. The number of aliphatic hydroxyl groups excluding tert-OH is 1. The second-order valence-corrected chi connectivity index (χ2v) is 9.55. The fourth-order valence-electron chi connectivity index (χ4n) is 7.37. The van der Waals surface area contributed by atoms with Crippen molar-refractivity contribution < 1.29 is 19.4 Å². The van der Waals surface area contributed by atoms with Gasteiger partial charge in [0, 0.05) is 17.8 Å². The minimum atomic E-state index is -1.47. The standard InChI is InChI=1S/C21H29FO3/c1-4-21(25)17(24)11-15-12-5-6-14-18(22)16(23)8-9-19(14,2)13(12)7-10-20(15,21)3/h1,12-15,17-18,24-25H,5-11H2,2-3H3/t12-,13-,14?,15+,17?,18?,19-,20+,21?/m1/s1. The monoisotopic (exact) mass is 348 g/mol. The first-order chi connectivity index (χ1) is 11.7. The summed E-state index contributed by atoms with van der Waals surface area (Å²) in [5.74, 6) is 2.97. The van der Waals surface area contributed by atoms with E-state index in [0.717, 1.165) is 32.1 Å². The molecule has 0 heterocycles. The number of alkyl halides is 1. The maximum atomic E-state index is 14.6. The quantitative estimate of drug-likeness (QED) is 0.662. The van der Waals surface area contributed by atoms with E-state index < -0.39 is 23.3 Å². The zero-order chi connectivity index (χ0) is 18.2. The van der Waals surface area contributed by atoms with Crippen molar-refractivity contribution in [2.75, 3.05) is 0 Å². The Bertz CT molecular complexity index is 642. The van der Waals surface area contributed by atoms with Crippen molar-refractivity contribution in [2.24, 2.45) is 34.5 Å². The van der Waals surface area contributed by atoms with Crippen LogP contribution in [0.25, 0.3) is 0 Å². The van der Waals surface area contributed by atoms with Crippen LogP contribution in [0.5, 0.6) is 0 Å². The molecule has 4 fully saturated rings. The topological polar surface area (TPSA) is 57.5 Å². The molecule has 138 valence electrons. The Morgan fingerprint density at radius 1 is 1.16 bits per heavy atom. The summed E-state index contributed by atoms with van der Waals surface area (Å²) in [6.45, 7) is 4.20. The van der Waals surface area contributed by atoms with Gasteiger partial charge in [-0.2, -0.15) is 0 Å². The fourth-order valence-corrected chi connectivity index (χ4v) is 7.37. The summed E-state index contributed by atoms with van der Waals surface area (Å²) in [6, 6.07) is 0. The number of rotatable bonds is 0. The first kappa shape index (κ1) is 17.5. The predicted octanol–water partition coefficient (Wildman–Crippen LogP) is 2.88. The van der Waals surface area contributed by atoms with E-state index in [1.807, 2.05) is 6.92 Å². The number of Topliss-reactive ketones (excluding diaryl/α,β-unsaturated/α-hetero) is 1. The summed E-state index contributed by atoms with van der Waals surface area (Å²) in [4.78, 5) is 11.9. The van der Waals surface area contributed by atoms with Crippen molar-refractivity contribution in [3.63, 3.8) is 0 Å². The molecule has 4 saturated carbocycles. The first-order valence-electron chi connectivity index (χ1n) is 9.74. The van der Waals surface area contributed by atoms with Gasteiger partial charge in [0.05, 0.1) is 6.10 Å². The molecule has 4 unspecified atom stereocenters. The summed E-state index contributed by atoms with van der Waals surface area (Å²) in [6.07, 6.45) is 8.30. The molecular formula is C21H29FO3. The third kappa shape index (κ3) is 1.97. The SMILES string of the molecule is C#CC1(O)C(O)C[C@H]2[C@@H]3CCC4C(F)C(=O)CC[C@]4(C)[C@@H]3CC[C@@]21C. The number of carbonyl (C=O) groups is 1. The van der Waals surface area contributed by atoms with Crippen molar-refractivity contribution >= 4 is 5.78 Å². The molecule has 0 aliphatic heterocycles. The molecule has 9 atom stereocenters. The van der Waals surface area contributed by atoms with Crippen LogP contribution in [-0.4, -0.2) is 33.9 Å². The van der Waals surface area contributed by atoms with E-state index in [0.29, 0.717) is 24.7 Å². The molecule has 0 amide bonds. The van der Waals surface area contributed by atoms with Crippen molar-refractivity contribution in [1.82, 2.24) is 0 Å². The Hall–Kier alpha value is -0.920. The molecule has 25 heavy (non-hydrogen) atoms. The fraction of sp³-hybridized carbons (Fsp3) is 0.857. The number of ketones is 1. The highest BCUT2D eigenvalue weighted by Crippen LogP contribution is 2.68. The van der Waals surface area contributed by atoms with Gasteiger partial charge < -0.3 is 10.2 Å². The zero-order valence-electron chi connectivity index (χ0n) is 15.2. The molecule has 2 N–H and O–H groups in total. The lowest BCUT2D eigenvalue weighted by atomic mass is 9.44. The van der Waals surface area contributed by atoms with Crippen LogP contribution in [0, 0.1) is 46.8 Å². The Morgan fingerprint density at radius 2 is 1.88 bits per heavy atom. The third-order valence-electron chi connectivity index (χ3n) is 8.95. The van der Waals surface area contributed by atoms with Gasteiger partial charge in [0.25, 0.3) is 0 Å². The molecule has 0 spiro atoms. The summed E-state index contributed by atoms with van der Waals surface area (Å²) in [5, 5.41) is 21.5. The van der Waals surface area contributed by atoms with E-state index in [4.69, 9.17) is 6.42 Å². The van der Waals surface area contributed by atoms with Crippen LogP contribution in [0.4, 0.5) is 4.39 Å². The lowest BCUT2D eigenvalue weighted by molar-refractivity contribution is -0.163. The van der Waals surface area contributed by atoms with E-state index in [9.17, 15) is 19.4 Å². The van der Waals surface area contributed by atoms with E-state index in [1.54, 1.807) is 0 Å². The van der Waals surface area contributed by atoms with Gasteiger partial charge in [-0.3, -0.25) is 4.79 Å². The number of halogens is 1. The molecular weight excluding hydrogens is 319 g/mol. The van der Waals surface area contributed by atoms with Gasteiger partial charge in [-0.1, -0.05) is 19.8 Å². The lowest BCUT2D eigenvalue weighted by Crippen LogP contribution is -2.59. The highest BCUT2D eigenvalue weighted by atomic mass is 19.1. The minimum Gasteiger partial charge on any atom is -0.389 e. The second-order valence-electron chi connectivity index (χ2n) is 9.55. The van der Waals surface area contributed by atoms with E-state index in [-0.39, 0.29) is 23.0 Å². The van der Waals surface area contributed by atoms with Crippen LogP contribution in [0.1, 0.15) is 58.8 Å². The highest BCUT2D eigenvalue weighted by Gasteiger charge is 2.68. The number of hydrogen-bond donors (Lipinski definition) is 2. The van der Waals surface area contributed by atoms with Crippen LogP contribution in [-0.2, 0) is 4.79 Å². The van der Waals surface area contributed by atoms with Crippen molar-refractivity contribution in [3.8, 4) is 12.3 Å². The summed E-state index contributed by atoms with van der Waals surface area (Å²) in [5.41, 5.74) is -2.10. The average Bonchev–Trinajstić information content (AvgIpc) is 2.79. The third-order valence-corrected chi connectivity index (χ3v) is 8.95. The Morgan fingerprint density at radius 3 is 2.56 bits per heavy atom. The number of aliphatic hydroxyl groups is 2. The zero-order valence-corrected chi connectivity index (χ0v) is 15.2. The molecule has 4 heteroatoms. The van der Waals surface area contributed by atoms with Gasteiger partial charge in [0.15, 0.2) is 17.6 Å². The lowest BCUT2D eigenvalue weighted by Gasteiger charge is -2.60. The van der Waals surface area contributed by atoms with Gasteiger partial charge in [-0.05, 0) is 61.7 Å². The molecule has 4 aliphatic rings. The average molecular weight is 348 g/mol. The molecule has 3 nitrogen and oxygen atoms in total. The largest absolute Gasteiger partial charge is 0.389 e. The van der Waals surface area contributed by atoms with Crippen LogP contribution < -0.4 is 0 Å². The maximum absolute atomic E-state index is 14.6. The van der Waals surface area contributed by atoms with Gasteiger partial charge in [-0.25, -0.2) is 4.39 Å². The normalized spacial score (nSPS) is 58.0. The molecule has 0 aromatic rings. The van der Waals surface area contributed by atoms with E-state index >= 15 is 0 Å². The number of fused-ring (bicyclic) bond motifs is 5. The first-order valence-corrected chi connectivity index (χ1v) is 9.74. The van der Waals surface area contributed by atoms with Crippen LogP contribution >= 0.6 is 0 Å². The Labute approximate surface area is 149 Å². The highest BCUT2D eigenvalue weighted by molar-refractivity contribution is 5.84. The summed E-state index contributed by atoms with van der Waals surface area (Å²) >= 11 is 0. The molecule has 0 bridgehead atoms. The van der Waals surface area contributed by atoms with Crippen molar-refractivity contribution in [1.29, 1.82) is 0 Å². The van der Waals surface area contributed by atoms with Crippen molar-refractivity contribution in [3.05, 3.63) is 0 Å². The molecule has 0 aromatic carbocycles. The van der Waals surface area contributed by atoms with Gasteiger partial charge in [0.1, 0.15) is 0 Å². The molecule has 0 saturated heterocycles. The van der Waals surface area contributed by atoms with Gasteiger partial charge in [0.2, 0.25) is 0 Å². The number of carbonyl (C=O) groups excluding carboxylic acids is 1. The van der Waals surface area contributed by atoms with Gasteiger partial charge in [-0.15, -0.1) is 6.42 Å². The number of terminal acetylenes is 1. The van der Waals surface area contributed by atoms with E-state index in [1.165, 1.54) is 0 Å². The Balaban J connectivity index is 1.69. The van der Waals surface area contributed by atoms with Crippen LogP contribution in [0.2, 0.25) is 0 Å². The molecule has 4 rings (SSSR count). The number of hydrogen-bond acceptors (Lipinski definition) is 3. The minimum absolute atomic E-state index is 0.153. The maximum Gasteiger partial charge on any atom is 0.167 e. The molecule has 0 aromatic heterocycles. The van der Waals surface area contributed by atoms with Crippen LogP contribution in [0.3, 0.4) is 0 Å². The second kappa shape index (κ2) is 5.30. The van der Waals surface area contributed by atoms with Crippen molar-refractivity contribution in [2.45, 2.75) is 76.7 Å². The Kier molecular flexibility index (Phi) is 3.71. The van der Waals surface area contributed by atoms with Crippen LogP contribution in [0.15, 0.2) is 0 Å². The molecule has 0 radical (unpaired) electrons.